The van der Waals surface area contributed by atoms with E-state index in [-0.39, 0.29) is 0 Å². The molecule has 3 aromatic carbocycles. The summed E-state index contributed by atoms with van der Waals surface area (Å²) in [6.45, 7) is 13.7. The molecule has 0 spiro atoms. The fraction of sp³-hybridized carbons (Fsp3) is 0.429. The van der Waals surface area contributed by atoms with Gasteiger partial charge in [-0.3, -0.25) is 0 Å². The molecule has 3 aromatic rings. The second kappa shape index (κ2) is 7.39. The molecule has 0 aromatic heterocycles. The summed E-state index contributed by atoms with van der Waals surface area (Å²) in [5.41, 5.74) is 11.4. The molecule has 1 aliphatic rings. The Labute approximate surface area is 171 Å². The first-order valence-electron chi connectivity index (χ1n) is 11.0. The Morgan fingerprint density at radius 1 is 0.679 bits per heavy atom. The Hall–Kier alpha value is -2.08. The highest BCUT2D eigenvalue weighted by Gasteiger charge is 2.21. The topological polar surface area (TPSA) is 0 Å². The molecular formula is C28H34. The van der Waals surface area contributed by atoms with Crippen molar-refractivity contribution in [2.24, 2.45) is 5.92 Å². The van der Waals surface area contributed by atoms with Crippen LogP contribution in [-0.4, -0.2) is 0 Å². The Balaban J connectivity index is 1.76. The largest absolute Gasteiger partial charge is 0.0625 e. The zero-order chi connectivity index (χ0) is 20.0. The van der Waals surface area contributed by atoms with Crippen LogP contribution in [0, 0.1) is 40.5 Å². The van der Waals surface area contributed by atoms with E-state index < -0.39 is 0 Å². The molecule has 0 amide bonds. The van der Waals surface area contributed by atoms with Crippen LogP contribution in [0.1, 0.15) is 71.9 Å². The van der Waals surface area contributed by atoms with Crippen LogP contribution in [-0.2, 0) is 0 Å². The van der Waals surface area contributed by atoms with Crippen molar-refractivity contribution in [1.82, 2.24) is 0 Å². The number of rotatable bonds is 2. The van der Waals surface area contributed by atoms with Gasteiger partial charge in [-0.15, -0.1) is 0 Å². The molecule has 28 heavy (non-hydrogen) atoms. The third kappa shape index (κ3) is 3.39. The Bertz CT molecular complexity index is 1010. The minimum absolute atomic E-state index is 0.757. The first-order chi connectivity index (χ1) is 13.3. The van der Waals surface area contributed by atoms with E-state index in [1.165, 1.54) is 75.4 Å². The number of hydrogen-bond donors (Lipinski definition) is 0. The molecule has 0 aliphatic heterocycles. The molecule has 0 heterocycles. The molecule has 0 nitrogen and oxygen atoms in total. The van der Waals surface area contributed by atoms with Crippen molar-refractivity contribution in [1.29, 1.82) is 0 Å². The second-order valence-corrected chi connectivity index (χ2v) is 9.37. The normalized spacial score (nSPS) is 19.9. The molecule has 0 saturated heterocycles. The Morgan fingerprint density at radius 2 is 1.32 bits per heavy atom. The summed E-state index contributed by atoms with van der Waals surface area (Å²) in [4.78, 5) is 0. The summed E-state index contributed by atoms with van der Waals surface area (Å²) >= 11 is 0. The third-order valence-electron chi connectivity index (χ3n) is 7.31. The SMILES string of the molecule is Cc1cc2cc(-c3c(C)cc(C4CCC(C)CC4)cc3C)ccc2c(C)c1C. The van der Waals surface area contributed by atoms with Gasteiger partial charge in [-0.2, -0.15) is 0 Å². The summed E-state index contributed by atoms with van der Waals surface area (Å²) in [6.07, 6.45) is 5.47. The molecule has 1 saturated carbocycles. The van der Waals surface area contributed by atoms with Crippen LogP contribution >= 0.6 is 0 Å². The highest BCUT2D eigenvalue weighted by Crippen LogP contribution is 2.39. The van der Waals surface area contributed by atoms with Crippen LogP contribution in [0.3, 0.4) is 0 Å². The lowest BCUT2D eigenvalue weighted by atomic mass is 9.78. The fourth-order valence-corrected chi connectivity index (χ4v) is 5.30. The van der Waals surface area contributed by atoms with Crippen LogP contribution < -0.4 is 0 Å². The summed E-state index contributed by atoms with van der Waals surface area (Å²) < 4.78 is 0. The summed E-state index contributed by atoms with van der Waals surface area (Å²) in [5.74, 6) is 1.67. The van der Waals surface area contributed by atoms with Gasteiger partial charge in [0.25, 0.3) is 0 Å². The van der Waals surface area contributed by atoms with Crippen molar-refractivity contribution in [3.63, 3.8) is 0 Å². The number of hydrogen-bond acceptors (Lipinski definition) is 0. The molecule has 4 rings (SSSR count). The summed E-state index contributed by atoms with van der Waals surface area (Å²) in [5, 5.41) is 2.75. The number of benzene rings is 3. The molecule has 146 valence electrons. The van der Waals surface area contributed by atoms with Gasteiger partial charge in [0.1, 0.15) is 0 Å². The van der Waals surface area contributed by atoms with Crippen LogP contribution in [0.4, 0.5) is 0 Å². The van der Waals surface area contributed by atoms with Crippen molar-refractivity contribution in [2.75, 3.05) is 0 Å². The van der Waals surface area contributed by atoms with Gasteiger partial charge in [-0.05, 0) is 121 Å². The minimum Gasteiger partial charge on any atom is -0.0625 e. The standard InChI is InChI=1S/C28H34/c1-17-7-9-23(10-8-17)25-14-19(3)28(20(4)15-25)24-11-12-27-22(6)21(5)18(2)13-26(27)16-24/h11-17,23H,7-10H2,1-6H3. The maximum Gasteiger partial charge on any atom is -0.0125 e. The number of aryl methyl sites for hydroxylation is 4. The van der Waals surface area contributed by atoms with Crippen molar-refractivity contribution < 1.29 is 0 Å². The molecule has 0 bridgehead atoms. The van der Waals surface area contributed by atoms with Crippen LogP contribution in [0.2, 0.25) is 0 Å². The lowest BCUT2D eigenvalue weighted by molar-refractivity contribution is 0.348. The monoisotopic (exact) mass is 370 g/mol. The van der Waals surface area contributed by atoms with Crippen molar-refractivity contribution >= 4 is 10.8 Å². The molecule has 1 aliphatic carbocycles. The minimum atomic E-state index is 0.757. The lowest BCUT2D eigenvalue weighted by Gasteiger charge is -2.27. The summed E-state index contributed by atoms with van der Waals surface area (Å²) in [7, 11) is 0. The predicted molar refractivity (Wildman–Crippen MR) is 123 cm³/mol. The molecule has 1 fully saturated rings. The highest BCUT2D eigenvalue weighted by molar-refractivity contribution is 5.92. The first kappa shape index (κ1) is 19.2. The smallest absolute Gasteiger partial charge is 0.0125 e. The van der Waals surface area contributed by atoms with Crippen LogP contribution in [0.5, 0.6) is 0 Å². The second-order valence-electron chi connectivity index (χ2n) is 9.37. The quantitative estimate of drug-likeness (QED) is 0.425. The molecule has 0 unspecified atom stereocenters. The summed E-state index contributed by atoms with van der Waals surface area (Å²) in [6, 6.07) is 14.3. The maximum absolute atomic E-state index is 2.47. The van der Waals surface area contributed by atoms with Crippen molar-refractivity contribution in [2.45, 2.75) is 73.1 Å². The molecule has 0 N–H and O–H groups in total. The Kier molecular flexibility index (Phi) is 5.08. The van der Waals surface area contributed by atoms with Gasteiger partial charge in [0.15, 0.2) is 0 Å². The van der Waals surface area contributed by atoms with Gasteiger partial charge >= 0.3 is 0 Å². The van der Waals surface area contributed by atoms with E-state index >= 15 is 0 Å². The lowest BCUT2D eigenvalue weighted by Crippen LogP contribution is -2.11. The van der Waals surface area contributed by atoms with Gasteiger partial charge in [0.05, 0.1) is 0 Å². The molecule has 0 atom stereocenters. The van der Waals surface area contributed by atoms with Crippen LogP contribution in [0.15, 0.2) is 36.4 Å². The average Bonchev–Trinajstić information content (AvgIpc) is 2.66. The van der Waals surface area contributed by atoms with E-state index in [0.29, 0.717) is 0 Å². The van der Waals surface area contributed by atoms with Gasteiger partial charge in [-0.1, -0.05) is 50.1 Å². The molecular weight excluding hydrogens is 336 g/mol. The van der Waals surface area contributed by atoms with E-state index in [1.54, 1.807) is 5.56 Å². The van der Waals surface area contributed by atoms with Gasteiger partial charge < -0.3 is 0 Å². The average molecular weight is 371 g/mol. The van der Waals surface area contributed by atoms with Crippen molar-refractivity contribution in [3.8, 4) is 11.1 Å². The van der Waals surface area contributed by atoms with E-state index in [9.17, 15) is 0 Å². The third-order valence-corrected chi connectivity index (χ3v) is 7.31. The van der Waals surface area contributed by atoms with E-state index in [2.05, 4.69) is 77.9 Å². The van der Waals surface area contributed by atoms with Gasteiger partial charge in [-0.25, -0.2) is 0 Å². The molecule has 0 radical (unpaired) electrons. The first-order valence-corrected chi connectivity index (χ1v) is 11.0. The van der Waals surface area contributed by atoms with E-state index in [0.717, 1.165) is 11.8 Å². The fourth-order valence-electron chi connectivity index (χ4n) is 5.30. The number of fused-ring (bicyclic) bond motifs is 1. The zero-order valence-corrected chi connectivity index (χ0v) is 18.4. The van der Waals surface area contributed by atoms with Gasteiger partial charge in [0, 0.05) is 0 Å². The van der Waals surface area contributed by atoms with Crippen LogP contribution in [0.25, 0.3) is 21.9 Å². The maximum atomic E-state index is 2.47. The Morgan fingerprint density at radius 3 is 1.96 bits per heavy atom. The predicted octanol–water partition coefficient (Wildman–Crippen LogP) is 8.34. The highest BCUT2D eigenvalue weighted by atomic mass is 14.3. The van der Waals surface area contributed by atoms with E-state index in [1.807, 2.05) is 0 Å². The molecule has 0 heteroatoms. The van der Waals surface area contributed by atoms with Gasteiger partial charge in [0.2, 0.25) is 0 Å². The van der Waals surface area contributed by atoms with E-state index in [4.69, 9.17) is 0 Å². The van der Waals surface area contributed by atoms with Crippen molar-refractivity contribution in [3.05, 3.63) is 69.8 Å². The zero-order valence-electron chi connectivity index (χ0n) is 18.4.